The smallest absolute Gasteiger partial charge is 0.254 e. The van der Waals surface area contributed by atoms with E-state index in [0.717, 1.165) is 0 Å². The van der Waals surface area contributed by atoms with Gasteiger partial charge in [-0.2, -0.15) is 0 Å². The molecule has 3 rings (SSSR count). The average Bonchev–Trinajstić information content (AvgIpc) is 3.20. The molecule has 0 aliphatic carbocycles. The maximum atomic E-state index is 12.7. The zero-order chi connectivity index (χ0) is 18.9. The van der Waals surface area contributed by atoms with Gasteiger partial charge in [0.25, 0.3) is 5.91 Å². The molecule has 0 saturated carbocycles. The van der Waals surface area contributed by atoms with E-state index in [1.807, 2.05) is 0 Å². The highest BCUT2D eigenvalue weighted by molar-refractivity contribution is 7.90. The van der Waals surface area contributed by atoms with Crippen LogP contribution in [-0.2, 0) is 14.8 Å². The van der Waals surface area contributed by atoms with Gasteiger partial charge in [-0.1, -0.05) is 6.92 Å². The van der Waals surface area contributed by atoms with E-state index in [1.165, 1.54) is 0 Å². The molecule has 2 heterocycles. The lowest BCUT2D eigenvalue weighted by Crippen LogP contribution is -2.44. The van der Waals surface area contributed by atoms with E-state index < -0.39 is 21.3 Å². The molecule has 8 nitrogen and oxygen atoms in total. The maximum Gasteiger partial charge on any atom is 0.254 e. The second-order valence-corrected chi connectivity index (χ2v) is 8.70. The topological polar surface area (TPSA) is 102 Å². The standard InChI is InChI=1S/C17H22N2O6S/c1-3-8-26(22,23)18-16(21)17(2)6-7-19(10-17)15(20)12-4-5-13-14(9-12)25-11-24-13/h4-5,9H,3,6-8,10-11H2,1-2H3,(H,18,21). The van der Waals surface area contributed by atoms with Crippen molar-refractivity contribution in [3.63, 3.8) is 0 Å². The molecule has 1 aromatic carbocycles. The number of carbonyl (C=O) groups is 2. The van der Waals surface area contributed by atoms with E-state index in [4.69, 9.17) is 9.47 Å². The number of hydrogen-bond donors (Lipinski definition) is 1. The summed E-state index contributed by atoms with van der Waals surface area (Å²) in [6, 6.07) is 4.94. The molecule has 1 N–H and O–H groups in total. The fourth-order valence-corrected chi connectivity index (χ4v) is 4.28. The van der Waals surface area contributed by atoms with Crippen LogP contribution in [0, 0.1) is 5.41 Å². The van der Waals surface area contributed by atoms with Crippen molar-refractivity contribution in [2.75, 3.05) is 25.6 Å². The highest BCUT2D eigenvalue weighted by Gasteiger charge is 2.43. The number of hydrogen-bond acceptors (Lipinski definition) is 6. The molecule has 142 valence electrons. The van der Waals surface area contributed by atoms with Crippen LogP contribution in [0.5, 0.6) is 11.5 Å². The number of nitrogens with one attached hydrogen (secondary N) is 1. The van der Waals surface area contributed by atoms with Crippen LogP contribution in [-0.4, -0.2) is 50.8 Å². The number of amides is 2. The number of rotatable bonds is 5. The Balaban J connectivity index is 1.69. The van der Waals surface area contributed by atoms with Crippen LogP contribution in [0.15, 0.2) is 18.2 Å². The molecule has 0 spiro atoms. The van der Waals surface area contributed by atoms with E-state index in [-0.39, 0.29) is 25.0 Å². The van der Waals surface area contributed by atoms with Crippen LogP contribution in [0.4, 0.5) is 0 Å². The second kappa shape index (κ2) is 6.79. The normalized spacial score (nSPS) is 21.7. The van der Waals surface area contributed by atoms with E-state index in [2.05, 4.69) is 4.72 Å². The predicted octanol–water partition coefficient (Wildman–Crippen LogP) is 1.12. The first-order valence-corrected chi connectivity index (χ1v) is 10.1. The minimum atomic E-state index is -3.64. The summed E-state index contributed by atoms with van der Waals surface area (Å²) >= 11 is 0. The molecule has 9 heteroatoms. The molecule has 0 bridgehead atoms. The van der Waals surface area contributed by atoms with Crippen molar-refractivity contribution in [3.05, 3.63) is 23.8 Å². The molecule has 0 aromatic heterocycles. The van der Waals surface area contributed by atoms with Crippen LogP contribution < -0.4 is 14.2 Å². The minimum Gasteiger partial charge on any atom is -0.454 e. The third-order valence-electron chi connectivity index (χ3n) is 4.65. The van der Waals surface area contributed by atoms with Crippen molar-refractivity contribution in [2.45, 2.75) is 26.7 Å². The highest BCUT2D eigenvalue weighted by Crippen LogP contribution is 2.35. The maximum absolute atomic E-state index is 12.7. The van der Waals surface area contributed by atoms with E-state index in [0.29, 0.717) is 36.4 Å². The average molecular weight is 382 g/mol. The Labute approximate surface area is 152 Å². The Kier molecular flexibility index (Phi) is 4.83. The summed E-state index contributed by atoms with van der Waals surface area (Å²) in [7, 11) is -3.64. The minimum absolute atomic E-state index is 0.103. The Bertz CT molecular complexity index is 838. The van der Waals surface area contributed by atoms with E-state index >= 15 is 0 Å². The summed E-state index contributed by atoms with van der Waals surface area (Å²) in [5, 5.41) is 0. The molecule has 1 unspecified atom stereocenters. The van der Waals surface area contributed by atoms with Crippen molar-refractivity contribution >= 4 is 21.8 Å². The Hall–Kier alpha value is -2.29. The van der Waals surface area contributed by atoms with Crippen molar-refractivity contribution in [1.82, 2.24) is 9.62 Å². The molecule has 0 radical (unpaired) electrons. The van der Waals surface area contributed by atoms with Crippen LogP contribution in [0.2, 0.25) is 0 Å². The van der Waals surface area contributed by atoms with Gasteiger partial charge in [-0.15, -0.1) is 0 Å². The molecular weight excluding hydrogens is 360 g/mol. The summed E-state index contributed by atoms with van der Waals surface area (Å²) in [6.45, 7) is 4.07. The van der Waals surface area contributed by atoms with Gasteiger partial charge in [0.1, 0.15) is 0 Å². The molecule has 1 fully saturated rings. The number of benzene rings is 1. The lowest BCUT2D eigenvalue weighted by Gasteiger charge is -2.23. The first-order chi connectivity index (χ1) is 12.2. The largest absolute Gasteiger partial charge is 0.454 e. The third kappa shape index (κ3) is 3.62. The molecule has 2 aliphatic rings. The second-order valence-electron chi connectivity index (χ2n) is 6.86. The Morgan fingerprint density at radius 3 is 2.73 bits per heavy atom. The van der Waals surface area contributed by atoms with Crippen molar-refractivity contribution in [3.8, 4) is 11.5 Å². The van der Waals surface area contributed by atoms with E-state index in [1.54, 1.807) is 36.9 Å². The fourth-order valence-electron chi connectivity index (χ4n) is 3.12. The molecule has 2 aliphatic heterocycles. The van der Waals surface area contributed by atoms with Crippen LogP contribution in [0.1, 0.15) is 37.0 Å². The third-order valence-corrected chi connectivity index (χ3v) is 6.09. The monoisotopic (exact) mass is 382 g/mol. The predicted molar refractivity (Wildman–Crippen MR) is 93.4 cm³/mol. The molecule has 2 amide bonds. The lowest BCUT2D eigenvalue weighted by atomic mass is 9.89. The van der Waals surface area contributed by atoms with Gasteiger partial charge in [-0.3, -0.25) is 14.3 Å². The van der Waals surface area contributed by atoms with Crippen LogP contribution in [0.3, 0.4) is 0 Å². The molecule has 1 saturated heterocycles. The van der Waals surface area contributed by atoms with Gasteiger partial charge in [-0.05, 0) is 38.0 Å². The van der Waals surface area contributed by atoms with Gasteiger partial charge in [-0.25, -0.2) is 8.42 Å². The number of carbonyl (C=O) groups excluding carboxylic acids is 2. The SMILES string of the molecule is CCCS(=O)(=O)NC(=O)C1(C)CCN(C(=O)c2ccc3c(c2)OCO3)C1. The number of likely N-dealkylation sites (tertiary alicyclic amines) is 1. The number of sulfonamides is 1. The molecule has 26 heavy (non-hydrogen) atoms. The van der Waals surface area contributed by atoms with Crippen LogP contribution in [0.25, 0.3) is 0 Å². The highest BCUT2D eigenvalue weighted by atomic mass is 32.2. The Morgan fingerprint density at radius 1 is 1.27 bits per heavy atom. The van der Waals surface area contributed by atoms with Gasteiger partial charge in [0, 0.05) is 18.7 Å². The zero-order valence-electron chi connectivity index (χ0n) is 14.8. The number of ether oxygens (including phenoxy) is 2. The number of nitrogens with zero attached hydrogens (tertiary/aromatic N) is 1. The number of fused-ring (bicyclic) bond motifs is 1. The van der Waals surface area contributed by atoms with Crippen molar-refractivity contribution in [2.24, 2.45) is 5.41 Å². The van der Waals surface area contributed by atoms with E-state index in [9.17, 15) is 18.0 Å². The van der Waals surface area contributed by atoms with Gasteiger partial charge in [0.15, 0.2) is 11.5 Å². The van der Waals surface area contributed by atoms with Crippen molar-refractivity contribution in [1.29, 1.82) is 0 Å². The van der Waals surface area contributed by atoms with Gasteiger partial charge in [0.2, 0.25) is 22.7 Å². The fraction of sp³-hybridized carbons (Fsp3) is 0.529. The summed E-state index contributed by atoms with van der Waals surface area (Å²) in [4.78, 5) is 26.7. The first-order valence-electron chi connectivity index (χ1n) is 8.48. The molecular formula is C17H22N2O6S. The summed E-state index contributed by atoms with van der Waals surface area (Å²) in [5.74, 6) is 0.215. The van der Waals surface area contributed by atoms with Gasteiger partial charge in [0.05, 0.1) is 11.2 Å². The summed E-state index contributed by atoms with van der Waals surface area (Å²) < 4.78 is 36.3. The van der Waals surface area contributed by atoms with Crippen molar-refractivity contribution < 1.29 is 27.5 Å². The quantitative estimate of drug-likeness (QED) is 0.819. The lowest BCUT2D eigenvalue weighted by molar-refractivity contribution is -0.127. The first kappa shape index (κ1) is 18.5. The Morgan fingerprint density at radius 2 is 2.00 bits per heavy atom. The zero-order valence-corrected chi connectivity index (χ0v) is 15.6. The van der Waals surface area contributed by atoms with Gasteiger partial charge >= 0.3 is 0 Å². The molecule has 1 aromatic rings. The summed E-state index contributed by atoms with van der Waals surface area (Å²) in [5.41, 5.74) is -0.496. The molecule has 1 atom stereocenters. The summed E-state index contributed by atoms with van der Waals surface area (Å²) in [6.07, 6.45) is 0.824. The van der Waals surface area contributed by atoms with Crippen LogP contribution >= 0.6 is 0 Å². The van der Waals surface area contributed by atoms with Gasteiger partial charge < -0.3 is 14.4 Å².